The van der Waals surface area contributed by atoms with Crippen molar-refractivity contribution in [3.63, 3.8) is 0 Å². The molecule has 0 bridgehead atoms. The van der Waals surface area contributed by atoms with Crippen LogP contribution in [0.4, 0.5) is 11.4 Å². The van der Waals surface area contributed by atoms with Crippen LogP contribution < -0.4 is 10.6 Å². The Labute approximate surface area is 152 Å². The van der Waals surface area contributed by atoms with Crippen molar-refractivity contribution in [2.24, 2.45) is 0 Å². The highest BCUT2D eigenvalue weighted by Crippen LogP contribution is 2.15. The molecule has 2 N–H and O–H groups in total. The molecule has 2 aromatic carbocycles. The van der Waals surface area contributed by atoms with Crippen LogP contribution in [-0.2, 0) is 22.7 Å². The van der Waals surface area contributed by atoms with Crippen molar-refractivity contribution in [2.75, 3.05) is 19.0 Å². The van der Waals surface area contributed by atoms with Crippen molar-refractivity contribution < 1.29 is 14.5 Å². The van der Waals surface area contributed by atoms with E-state index in [1.54, 1.807) is 19.2 Å². The van der Waals surface area contributed by atoms with Crippen molar-refractivity contribution in [2.45, 2.75) is 26.0 Å². The first kappa shape index (κ1) is 19.4. The molecular weight excluding hydrogens is 334 g/mol. The number of hydrogen-bond donors (Lipinski definition) is 2. The van der Waals surface area contributed by atoms with E-state index < -0.39 is 4.92 Å². The SMILES string of the molecule is COCc1ccc(CNC(=O)CCCNc2ccc([N+](=O)[O-])cc2)cc1. The minimum Gasteiger partial charge on any atom is -0.385 e. The third kappa shape index (κ3) is 6.52. The van der Waals surface area contributed by atoms with Crippen molar-refractivity contribution in [1.82, 2.24) is 5.32 Å². The van der Waals surface area contributed by atoms with Crippen molar-refractivity contribution in [3.05, 3.63) is 69.8 Å². The zero-order valence-electron chi connectivity index (χ0n) is 14.7. The smallest absolute Gasteiger partial charge is 0.269 e. The van der Waals surface area contributed by atoms with Gasteiger partial charge in [-0.2, -0.15) is 0 Å². The Morgan fingerprint density at radius 2 is 1.73 bits per heavy atom. The number of hydrogen-bond acceptors (Lipinski definition) is 5. The predicted molar refractivity (Wildman–Crippen MR) is 99.8 cm³/mol. The fourth-order valence-corrected chi connectivity index (χ4v) is 2.39. The van der Waals surface area contributed by atoms with Gasteiger partial charge < -0.3 is 15.4 Å². The summed E-state index contributed by atoms with van der Waals surface area (Å²) in [6, 6.07) is 14.1. The zero-order valence-corrected chi connectivity index (χ0v) is 14.7. The molecule has 0 atom stereocenters. The van der Waals surface area contributed by atoms with E-state index in [2.05, 4.69) is 10.6 Å². The number of carbonyl (C=O) groups excluding carboxylic acids is 1. The zero-order chi connectivity index (χ0) is 18.8. The van der Waals surface area contributed by atoms with Gasteiger partial charge in [0.2, 0.25) is 5.91 Å². The lowest BCUT2D eigenvalue weighted by atomic mass is 10.1. The summed E-state index contributed by atoms with van der Waals surface area (Å²) < 4.78 is 5.06. The Kier molecular flexibility index (Phi) is 7.57. The van der Waals surface area contributed by atoms with Crippen LogP contribution >= 0.6 is 0 Å². The maximum Gasteiger partial charge on any atom is 0.269 e. The lowest BCUT2D eigenvalue weighted by molar-refractivity contribution is -0.384. The van der Waals surface area contributed by atoms with Gasteiger partial charge in [0.05, 0.1) is 11.5 Å². The molecule has 0 heterocycles. The standard InChI is InChI=1S/C19H23N3O4/c1-26-14-16-6-4-15(5-7-16)13-21-19(23)3-2-12-20-17-8-10-18(11-9-17)22(24)25/h4-11,20H,2-3,12-14H2,1H3,(H,21,23). The number of anilines is 1. The Bertz CT molecular complexity index is 715. The van der Waals surface area contributed by atoms with Gasteiger partial charge in [0.1, 0.15) is 0 Å². The summed E-state index contributed by atoms with van der Waals surface area (Å²) in [5.41, 5.74) is 3.00. The topological polar surface area (TPSA) is 93.5 Å². The molecule has 0 aliphatic heterocycles. The molecular formula is C19H23N3O4. The molecule has 1 amide bonds. The summed E-state index contributed by atoms with van der Waals surface area (Å²) in [6.07, 6.45) is 1.09. The van der Waals surface area contributed by atoms with Gasteiger partial charge in [0, 0.05) is 44.4 Å². The van der Waals surface area contributed by atoms with Gasteiger partial charge >= 0.3 is 0 Å². The first-order valence-corrected chi connectivity index (χ1v) is 8.40. The quantitative estimate of drug-likeness (QED) is 0.387. The van der Waals surface area contributed by atoms with E-state index >= 15 is 0 Å². The van der Waals surface area contributed by atoms with Crippen LogP contribution in [0.15, 0.2) is 48.5 Å². The molecule has 0 saturated carbocycles. The number of methoxy groups -OCH3 is 1. The number of ether oxygens (including phenoxy) is 1. The van der Waals surface area contributed by atoms with Crippen molar-refractivity contribution in [3.8, 4) is 0 Å². The van der Waals surface area contributed by atoms with Crippen LogP contribution in [0.2, 0.25) is 0 Å². The first-order valence-electron chi connectivity index (χ1n) is 8.40. The monoisotopic (exact) mass is 357 g/mol. The van der Waals surface area contributed by atoms with Gasteiger partial charge in [-0.25, -0.2) is 0 Å². The van der Waals surface area contributed by atoms with Gasteiger partial charge in [-0.05, 0) is 29.7 Å². The lowest BCUT2D eigenvalue weighted by Gasteiger charge is -2.08. The molecule has 0 unspecified atom stereocenters. The normalized spacial score (nSPS) is 10.3. The van der Waals surface area contributed by atoms with E-state index in [1.165, 1.54) is 12.1 Å². The second kappa shape index (κ2) is 10.1. The van der Waals surface area contributed by atoms with E-state index in [9.17, 15) is 14.9 Å². The first-order chi connectivity index (χ1) is 12.6. The molecule has 2 rings (SSSR count). The fraction of sp³-hybridized carbons (Fsp3) is 0.316. The maximum atomic E-state index is 11.9. The summed E-state index contributed by atoms with van der Waals surface area (Å²) in [5.74, 6) is -0.00327. The van der Waals surface area contributed by atoms with Crippen LogP contribution in [0, 0.1) is 10.1 Å². The molecule has 0 aliphatic carbocycles. The van der Waals surface area contributed by atoms with Crippen LogP contribution in [0.3, 0.4) is 0 Å². The maximum absolute atomic E-state index is 11.9. The van der Waals surface area contributed by atoms with E-state index in [-0.39, 0.29) is 11.6 Å². The van der Waals surface area contributed by atoms with Crippen LogP contribution in [0.25, 0.3) is 0 Å². The summed E-state index contributed by atoms with van der Waals surface area (Å²) in [4.78, 5) is 22.0. The predicted octanol–water partition coefficient (Wildman–Crippen LogP) is 3.25. The van der Waals surface area contributed by atoms with E-state index in [1.807, 2.05) is 24.3 Å². The fourth-order valence-electron chi connectivity index (χ4n) is 2.39. The number of benzene rings is 2. The third-order valence-corrected chi connectivity index (χ3v) is 3.81. The van der Waals surface area contributed by atoms with Gasteiger partial charge in [-0.15, -0.1) is 0 Å². The minimum absolute atomic E-state index is 0.00327. The molecule has 0 radical (unpaired) electrons. The van der Waals surface area contributed by atoms with E-state index in [0.717, 1.165) is 16.8 Å². The largest absolute Gasteiger partial charge is 0.385 e. The average molecular weight is 357 g/mol. The number of amides is 1. The number of non-ortho nitro benzene ring substituents is 1. The molecule has 0 aliphatic rings. The number of nitro groups is 1. The molecule has 138 valence electrons. The molecule has 0 spiro atoms. The molecule has 7 heteroatoms. The van der Waals surface area contributed by atoms with Crippen LogP contribution in [0.1, 0.15) is 24.0 Å². The average Bonchev–Trinajstić information content (AvgIpc) is 2.65. The Hall–Kier alpha value is -2.93. The summed E-state index contributed by atoms with van der Waals surface area (Å²) in [5, 5.41) is 16.6. The van der Waals surface area contributed by atoms with E-state index in [0.29, 0.717) is 32.5 Å². The molecule has 0 saturated heterocycles. The summed E-state index contributed by atoms with van der Waals surface area (Å²) >= 11 is 0. The second-order valence-corrected chi connectivity index (χ2v) is 5.86. The number of carbonyl (C=O) groups is 1. The molecule has 7 nitrogen and oxygen atoms in total. The van der Waals surface area contributed by atoms with Crippen molar-refractivity contribution in [1.29, 1.82) is 0 Å². The van der Waals surface area contributed by atoms with Gasteiger partial charge in [0.15, 0.2) is 0 Å². The van der Waals surface area contributed by atoms with Gasteiger partial charge in [0.25, 0.3) is 5.69 Å². The molecule has 26 heavy (non-hydrogen) atoms. The molecule has 0 aromatic heterocycles. The van der Waals surface area contributed by atoms with Crippen LogP contribution in [-0.4, -0.2) is 24.5 Å². The van der Waals surface area contributed by atoms with E-state index in [4.69, 9.17) is 4.74 Å². The second-order valence-electron chi connectivity index (χ2n) is 5.86. The Balaban J connectivity index is 1.63. The van der Waals surface area contributed by atoms with Crippen LogP contribution in [0.5, 0.6) is 0 Å². The van der Waals surface area contributed by atoms with Gasteiger partial charge in [-0.3, -0.25) is 14.9 Å². The number of nitro benzene ring substituents is 1. The summed E-state index contributed by atoms with van der Waals surface area (Å²) in [7, 11) is 1.66. The van der Waals surface area contributed by atoms with Gasteiger partial charge in [-0.1, -0.05) is 24.3 Å². The highest BCUT2D eigenvalue weighted by Gasteiger charge is 2.04. The molecule has 2 aromatic rings. The Morgan fingerprint density at radius 1 is 1.08 bits per heavy atom. The van der Waals surface area contributed by atoms with Crippen molar-refractivity contribution >= 4 is 17.3 Å². The summed E-state index contributed by atoms with van der Waals surface area (Å²) in [6.45, 7) is 1.70. The highest BCUT2D eigenvalue weighted by molar-refractivity contribution is 5.75. The minimum atomic E-state index is -0.431. The third-order valence-electron chi connectivity index (χ3n) is 3.81. The lowest BCUT2D eigenvalue weighted by Crippen LogP contribution is -2.23. The number of nitrogens with zero attached hydrogens (tertiary/aromatic N) is 1. The molecule has 0 fully saturated rings. The Morgan fingerprint density at radius 3 is 2.35 bits per heavy atom. The highest BCUT2D eigenvalue weighted by atomic mass is 16.6. The number of nitrogens with one attached hydrogen (secondary N) is 2. The number of rotatable bonds is 10.